The van der Waals surface area contributed by atoms with Crippen molar-refractivity contribution in [2.24, 2.45) is 5.10 Å². The Kier molecular flexibility index (Phi) is 3.71. The van der Waals surface area contributed by atoms with E-state index in [1.165, 1.54) is 0 Å². The standard InChI is InChI=1S/C6H13N3/c1-5-6-7-9(4)8(2)3/h5-6H,1H2,2-4H3. The van der Waals surface area contributed by atoms with E-state index in [9.17, 15) is 0 Å². The lowest BCUT2D eigenvalue weighted by Crippen LogP contribution is -2.28. The highest BCUT2D eigenvalue weighted by Crippen LogP contribution is 1.83. The van der Waals surface area contributed by atoms with Gasteiger partial charge in [-0.25, -0.2) is 10.1 Å². The fraction of sp³-hybridized carbons (Fsp3) is 0.500. The monoisotopic (exact) mass is 127 g/mol. The van der Waals surface area contributed by atoms with Crippen LogP contribution in [0.25, 0.3) is 0 Å². The van der Waals surface area contributed by atoms with Gasteiger partial charge in [-0.1, -0.05) is 6.58 Å². The van der Waals surface area contributed by atoms with Crippen molar-refractivity contribution in [3.63, 3.8) is 0 Å². The molecule has 0 saturated carbocycles. The first kappa shape index (κ1) is 8.17. The molecule has 0 aliphatic heterocycles. The first-order valence-electron chi connectivity index (χ1n) is 2.74. The Balaban J connectivity index is 3.61. The Morgan fingerprint density at radius 2 is 1.89 bits per heavy atom. The molecule has 0 saturated heterocycles. The van der Waals surface area contributed by atoms with Crippen LogP contribution in [0.2, 0.25) is 0 Å². The van der Waals surface area contributed by atoms with Gasteiger partial charge < -0.3 is 0 Å². The summed E-state index contributed by atoms with van der Waals surface area (Å²) in [5.41, 5.74) is 0. The SMILES string of the molecule is C=CC=NN(C)N(C)C. The zero-order valence-electron chi connectivity index (χ0n) is 6.20. The zero-order chi connectivity index (χ0) is 7.28. The lowest BCUT2D eigenvalue weighted by Gasteiger charge is -2.19. The fourth-order valence-corrected chi connectivity index (χ4v) is 0.247. The second-order valence-corrected chi connectivity index (χ2v) is 1.84. The molecular formula is C6H13N3. The van der Waals surface area contributed by atoms with Crippen molar-refractivity contribution in [2.75, 3.05) is 21.1 Å². The lowest BCUT2D eigenvalue weighted by molar-refractivity contribution is 0.0611. The summed E-state index contributed by atoms with van der Waals surface area (Å²) in [6.07, 6.45) is 3.28. The van der Waals surface area contributed by atoms with Crippen LogP contribution in [0.5, 0.6) is 0 Å². The van der Waals surface area contributed by atoms with Crippen molar-refractivity contribution in [3.8, 4) is 0 Å². The third-order valence-corrected chi connectivity index (χ3v) is 0.918. The van der Waals surface area contributed by atoms with Gasteiger partial charge in [0, 0.05) is 27.4 Å². The summed E-state index contributed by atoms with van der Waals surface area (Å²) in [7, 11) is 5.70. The van der Waals surface area contributed by atoms with Gasteiger partial charge in [0.15, 0.2) is 0 Å². The number of hydrazine groups is 1. The van der Waals surface area contributed by atoms with E-state index < -0.39 is 0 Å². The van der Waals surface area contributed by atoms with Gasteiger partial charge in [-0.15, -0.1) is 0 Å². The molecule has 0 atom stereocenters. The molecule has 3 heteroatoms. The van der Waals surface area contributed by atoms with E-state index in [0.717, 1.165) is 0 Å². The second kappa shape index (κ2) is 4.09. The van der Waals surface area contributed by atoms with Gasteiger partial charge in [0.2, 0.25) is 0 Å². The van der Waals surface area contributed by atoms with Gasteiger partial charge in [-0.3, -0.25) is 0 Å². The molecule has 0 aliphatic rings. The predicted octanol–water partition coefficient (Wildman–Crippen LogP) is 0.567. The van der Waals surface area contributed by atoms with Crippen molar-refractivity contribution in [1.82, 2.24) is 10.1 Å². The van der Waals surface area contributed by atoms with Gasteiger partial charge in [0.25, 0.3) is 0 Å². The molecule has 0 radical (unpaired) electrons. The number of allylic oxidation sites excluding steroid dienone is 1. The van der Waals surface area contributed by atoms with Crippen LogP contribution in [0.4, 0.5) is 0 Å². The average Bonchev–Trinajstić information content (AvgIpc) is 1.82. The molecule has 0 aromatic carbocycles. The summed E-state index contributed by atoms with van der Waals surface area (Å²) < 4.78 is 0. The van der Waals surface area contributed by atoms with Crippen molar-refractivity contribution in [2.45, 2.75) is 0 Å². The molecule has 0 aromatic rings. The van der Waals surface area contributed by atoms with E-state index in [2.05, 4.69) is 11.7 Å². The van der Waals surface area contributed by atoms with Crippen LogP contribution in [0, 0.1) is 0 Å². The highest BCUT2D eigenvalue weighted by Gasteiger charge is 1.89. The van der Waals surface area contributed by atoms with E-state index in [1.54, 1.807) is 17.4 Å². The first-order chi connectivity index (χ1) is 4.18. The summed E-state index contributed by atoms with van der Waals surface area (Å²) >= 11 is 0. The summed E-state index contributed by atoms with van der Waals surface area (Å²) in [5.74, 6) is 0. The molecule has 0 unspecified atom stereocenters. The number of hydrogen-bond acceptors (Lipinski definition) is 3. The Hall–Kier alpha value is -0.830. The topological polar surface area (TPSA) is 18.8 Å². The van der Waals surface area contributed by atoms with E-state index in [4.69, 9.17) is 0 Å². The number of nitrogens with zero attached hydrogens (tertiary/aromatic N) is 3. The van der Waals surface area contributed by atoms with Crippen LogP contribution in [0.3, 0.4) is 0 Å². The maximum atomic E-state index is 3.96. The van der Waals surface area contributed by atoms with Crippen LogP contribution >= 0.6 is 0 Å². The van der Waals surface area contributed by atoms with Gasteiger partial charge in [-0.05, 0) is 6.08 Å². The zero-order valence-corrected chi connectivity index (χ0v) is 6.20. The molecule has 0 aromatic heterocycles. The van der Waals surface area contributed by atoms with Crippen LogP contribution in [-0.2, 0) is 0 Å². The van der Waals surface area contributed by atoms with Crippen LogP contribution in [-0.4, -0.2) is 37.5 Å². The summed E-state index contributed by atoms with van der Waals surface area (Å²) in [6.45, 7) is 3.50. The van der Waals surface area contributed by atoms with Crippen molar-refractivity contribution >= 4 is 6.21 Å². The quantitative estimate of drug-likeness (QED) is 0.407. The summed E-state index contributed by atoms with van der Waals surface area (Å²) in [6, 6.07) is 0. The summed E-state index contributed by atoms with van der Waals surface area (Å²) in [5, 5.41) is 7.53. The molecule has 3 nitrogen and oxygen atoms in total. The lowest BCUT2D eigenvalue weighted by atomic mass is 10.7. The largest absolute Gasteiger partial charge is 0.231 e. The molecule has 0 fully saturated rings. The van der Waals surface area contributed by atoms with Gasteiger partial charge in [0.1, 0.15) is 0 Å². The normalized spacial score (nSPS) is 10.7. The van der Waals surface area contributed by atoms with Gasteiger partial charge >= 0.3 is 0 Å². The molecule has 0 rings (SSSR count). The average molecular weight is 127 g/mol. The smallest absolute Gasteiger partial charge is 0.0480 e. The van der Waals surface area contributed by atoms with Crippen molar-refractivity contribution < 1.29 is 0 Å². The third-order valence-electron chi connectivity index (χ3n) is 0.918. The summed E-state index contributed by atoms with van der Waals surface area (Å²) in [4.78, 5) is 0. The highest BCUT2D eigenvalue weighted by atomic mass is 15.7. The first-order valence-corrected chi connectivity index (χ1v) is 2.74. The maximum Gasteiger partial charge on any atom is 0.0480 e. The molecular weight excluding hydrogens is 114 g/mol. The Labute approximate surface area is 56.2 Å². The van der Waals surface area contributed by atoms with Gasteiger partial charge in [-0.2, -0.15) is 5.10 Å². The van der Waals surface area contributed by atoms with E-state index in [-0.39, 0.29) is 0 Å². The molecule has 0 amide bonds. The minimum absolute atomic E-state index is 1.64. The Morgan fingerprint density at radius 1 is 1.33 bits per heavy atom. The molecule has 0 N–H and O–H groups in total. The molecule has 0 aliphatic carbocycles. The number of rotatable bonds is 3. The number of hydrazone groups is 1. The minimum atomic E-state index is 1.64. The molecule has 52 valence electrons. The van der Waals surface area contributed by atoms with E-state index >= 15 is 0 Å². The number of hydrogen-bond donors (Lipinski definition) is 0. The van der Waals surface area contributed by atoms with Crippen LogP contribution in [0.1, 0.15) is 0 Å². The second-order valence-electron chi connectivity index (χ2n) is 1.84. The van der Waals surface area contributed by atoms with Crippen molar-refractivity contribution in [1.29, 1.82) is 0 Å². The third kappa shape index (κ3) is 3.73. The maximum absolute atomic E-state index is 3.96. The Bertz CT molecular complexity index is 107. The molecule has 0 bridgehead atoms. The van der Waals surface area contributed by atoms with Crippen molar-refractivity contribution in [3.05, 3.63) is 12.7 Å². The minimum Gasteiger partial charge on any atom is -0.231 e. The molecule has 9 heavy (non-hydrogen) atoms. The predicted molar refractivity (Wildman–Crippen MR) is 40.1 cm³/mol. The molecule has 0 heterocycles. The highest BCUT2D eigenvalue weighted by molar-refractivity contribution is 5.69. The molecule has 0 spiro atoms. The van der Waals surface area contributed by atoms with E-state index in [1.807, 2.05) is 26.2 Å². The Morgan fingerprint density at radius 3 is 2.22 bits per heavy atom. The van der Waals surface area contributed by atoms with E-state index in [0.29, 0.717) is 0 Å². The van der Waals surface area contributed by atoms with Crippen LogP contribution < -0.4 is 0 Å². The fourth-order valence-electron chi connectivity index (χ4n) is 0.247. The van der Waals surface area contributed by atoms with Gasteiger partial charge in [0.05, 0.1) is 0 Å². The van der Waals surface area contributed by atoms with Crippen LogP contribution in [0.15, 0.2) is 17.8 Å².